The van der Waals surface area contributed by atoms with Crippen LogP contribution < -0.4 is 16.6 Å². The number of hydrazine groups is 1. The van der Waals surface area contributed by atoms with Crippen LogP contribution in [0.1, 0.15) is 33.0 Å². The Balaban J connectivity index is 1.95. The Labute approximate surface area is 125 Å². The zero-order valence-electron chi connectivity index (χ0n) is 12.8. The van der Waals surface area contributed by atoms with Crippen LogP contribution in [0.3, 0.4) is 0 Å². The van der Waals surface area contributed by atoms with E-state index in [1.54, 1.807) is 6.20 Å². The lowest BCUT2D eigenvalue weighted by atomic mass is 9.96. The van der Waals surface area contributed by atoms with Crippen LogP contribution in [0.4, 0.5) is 11.6 Å². The normalized spacial score (nSPS) is 11.4. The molecule has 2 aromatic heterocycles. The van der Waals surface area contributed by atoms with Gasteiger partial charge in [0.2, 0.25) is 0 Å². The van der Waals surface area contributed by atoms with Crippen molar-refractivity contribution < 1.29 is 0 Å². The lowest BCUT2D eigenvalue weighted by molar-refractivity contribution is 0.546. The average molecular weight is 289 g/mol. The van der Waals surface area contributed by atoms with E-state index in [4.69, 9.17) is 5.84 Å². The molecule has 0 amide bonds. The highest BCUT2D eigenvalue weighted by molar-refractivity contribution is 5.47. The van der Waals surface area contributed by atoms with Crippen LogP contribution in [-0.4, -0.2) is 26.1 Å². The molecule has 2 heterocycles. The second-order valence-corrected chi connectivity index (χ2v) is 5.94. The molecule has 0 bridgehead atoms. The highest BCUT2D eigenvalue weighted by Gasteiger charge is 2.18. The third-order valence-corrected chi connectivity index (χ3v) is 3.00. The maximum atomic E-state index is 5.47. The topological polar surface area (TPSA) is 93.7 Å². The van der Waals surface area contributed by atoms with Crippen molar-refractivity contribution in [2.75, 3.05) is 17.3 Å². The summed E-state index contributed by atoms with van der Waals surface area (Å²) < 4.78 is 2.05. The summed E-state index contributed by atoms with van der Waals surface area (Å²) in [5.74, 6) is 7.63. The summed E-state index contributed by atoms with van der Waals surface area (Å²) in [4.78, 5) is 13.0. The molecule has 2 rings (SSSR count). The minimum absolute atomic E-state index is 0.125. The van der Waals surface area contributed by atoms with E-state index >= 15 is 0 Å². The van der Waals surface area contributed by atoms with Gasteiger partial charge >= 0.3 is 0 Å². The zero-order valence-corrected chi connectivity index (χ0v) is 12.8. The van der Waals surface area contributed by atoms with Gasteiger partial charge < -0.3 is 15.3 Å². The highest BCUT2D eigenvalue weighted by Crippen LogP contribution is 2.21. The molecular weight excluding hydrogens is 266 g/mol. The molecule has 0 spiro atoms. The Bertz CT molecular complexity index is 557. The van der Waals surface area contributed by atoms with E-state index in [0.717, 1.165) is 31.2 Å². The van der Waals surface area contributed by atoms with E-state index in [1.165, 1.54) is 0 Å². The van der Waals surface area contributed by atoms with Gasteiger partial charge in [-0.1, -0.05) is 20.8 Å². The first kappa shape index (κ1) is 15.2. The van der Waals surface area contributed by atoms with Crippen LogP contribution >= 0.6 is 0 Å². The van der Waals surface area contributed by atoms with E-state index in [1.807, 2.05) is 18.6 Å². The maximum absolute atomic E-state index is 5.47. The summed E-state index contributed by atoms with van der Waals surface area (Å²) in [7, 11) is 0. The molecule has 0 atom stereocenters. The van der Waals surface area contributed by atoms with E-state index in [2.05, 4.69) is 51.0 Å². The quantitative estimate of drug-likeness (QED) is 0.426. The summed E-state index contributed by atoms with van der Waals surface area (Å²) in [6.45, 7) is 7.97. The van der Waals surface area contributed by atoms with Gasteiger partial charge in [-0.25, -0.2) is 20.8 Å². The Morgan fingerprint density at radius 2 is 2.00 bits per heavy atom. The summed E-state index contributed by atoms with van der Waals surface area (Å²) in [6, 6.07) is 1.81. The van der Waals surface area contributed by atoms with Gasteiger partial charge in [0, 0.05) is 37.0 Å². The molecule has 0 fully saturated rings. The third kappa shape index (κ3) is 4.42. The monoisotopic (exact) mass is 289 g/mol. The van der Waals surface area contributed by atoms with Crippen LogP contribution in [0, 0.1) is 0 Å². The van der Waals surface area contributed by atoms with Crippen LogP contribution in [0.5, 0.6) is 0 Å². The molecule has 2 aromatic rings. The number of nitrogen functional groups attached to an aromatic ring is 1. The van der Waals surface area contributed by atoms with Crippen LogP contribution in [0.15, 0.2) is 24.8 Å². The second kappa shape index (κ2) is 6.53. The minimum Gasteiger partial charge on any atom is -0.370 e. The third-order valence-electron chi connectivity index (χ3n) is 3.00. The minimum atomic E-state index is -0.125. The predicted molar refractivity (Wildman–Crippen MR) is 83.9 cm³/mol. The van der Waals surface area contributed by atoms with Gasteiger partial charge in [-0.15, -0.1) is 0 Å². The van der Waals surface area contributed by atoms with E-state index in [9.17, 15) is 0 Å². The molecule has 0 saturated carbocycles. The lowest BCUT2D eigenvalue weighted by Gasteiger charge is -2.18. The zero-order chi connectivity index (χ0) is 15.3. The molecule has 0 radical (unpaired) electrons. The molecule has 7 nitrogen and oxygen atoms in total. The molecule has 0 aliphatic heterocycles. The molecule has 0 aliphatic rings. The smallest absolute Gasteiger partial charge is 0.145 e. The number of nitrogens with zero attached hydrogens (tertiary/aromatic N) is 4. The molecule has 0 aromatic carbocycles. The first-order valence-corrected chi connectivity index (χ1v) is 7.05. The molecule has 7 heteroatoms. The number of nitrogens with two attached hydrogens (primary N) is 1. The van der Waals surface area contributed by atoms with Crippen LogP contribution in [0.25, 0.3) is 0 Å². The Kier molecular flexibility index (Phi) is 4.74. The number of imidazole rings is 1. The molecule has 4 N–H and O–H groups in total. The van der Waals surface area contributed by atoms with Gasteiger partial charge in [-0.3, -0.25) is 0 Å². The van der Waals surface area contributed by atoms with Crippen molar-refractivity contribution in [3.63, 3.8) is 0 Å². The van der Waals surface area contributed by atoms with E-state index < -0.39 is 0 Å². The molecule has 0 unspecified atom stereocenters. The van der Waals surface area contributed by atoms with Gasteiger partial charge in [-0.05, 0) is 6.42 Å². The molecule has 21 heavy (non-hydrogen) atoms. The first-order valence-electron chi connectivity index (χ1n) is 7.05. The van der Waals surface area contributed by atoms with Gasteiger partial charge in [-0.2, -0.15) is 0 Å². The van der Waals surface area contributed by atoms with Gasteiger partial charge in [0.15, 0.2) is 0 Å². The molecule has 0 saturated heterocycles. The fourth-order valence-electron chi connectivity index (χ4n) is 1.84. The average Bonchev–Trinajstić information content (AvgIpc) is 2.95. The number of hydrogen-bond acceptors (Lipinski definition) is 6. The Hall–Kier alpha value is -2.15. The Morgan fingerprint density at radius 3 is 2.62 bits per heavy atom. The number of rotatable bonds is 6. The second-order valence-electron chi connectivity index (χ2n) is 5.94. The van der Waals surface area contributed by atoms with Gasteiger partial charge in [0.25, 0.3) is 0 Å². The van der Waals surface area contributed by atoms with Crippen molar-refractivity contribution in [2.24, 2.45) is 5.84 Å². The number of aromatic nitrogens is 4. The molecular formula is C14H23N7. The van der Waals surface area contributed by atoms with Gasteiger partial charge in [0.05, 0.1) is 6.33 Å². The number of hydrogen-bond donors (Lipinski definition) is 3. The summed E-state index contributed by atoms with van der Waals surface area (Å²) in [5.41, 5.74) is 2.46. The Morgan fingerprint density at radius 1 is 1.24 bits per heavy atom. The molecule has 114 valence electrons. The number of aryl methyl sites for hydroxylation is 1. The summed E-state index contributed by atoms with van der Waals surface area (Å²) in [5, 5.41) is 3.31. The maximum Gasteiger partial charge on any atom is 0.145 e. The highest BCUT2D eigenvalue weighted by atomic mass is 15.3. The fraction of sp³-hybridized carbons (Fsp3) is 0.500. The predicted octanol–water partition coefficient (Wildman–Crippen LogP) is 1.76. The van der Waals surface area contributed by atoms with Crippen molar-refractivity contribution in [3.8, 4) is 0 Å². The fourth-order valence-corrected chi connectivity index (χ4v) is 1.84. The van der Waals surface area contributed by atoms with Crippen molar-refractivity contribution in [1.29, 1.82) is 0 Å². The van der Waals surface area contributed by atoms with Crippen molar-refractivity contribution in [3.05, 3.63) is 30.6 Å². The number of anilines is 2. The summed E-state index contributed by atoms with van der Waals surface area (Å²) >= 11 is 0. The summed E-state index contributed by atoms with van der Waals surface area (Å²) in [6.07, 6.45) is 6.54. The van der Waals surface area contributed by atoms with Crippen molar-refractivity contribution in [1.82, 2.24) is 19.5 Å². The van der Waals surface area contributed by atoms with E-state index in [-0.39, 0.29) is 5.41 Å². The van der Waals surface area contributed by atoms with Crippen molar-refractivity contribution in [2.45, 2.75) is 39.2 Å². The SMILES string of the molecule is CC(C)(C)c1nc(NN)cc(NCCCn2ccnc2)n1. The van der Waals surface area contributed by atoms with Gasteiger partial charge in [0.1, 0.15) is 17.5 Å². The molecule has 0 aliphatic carbocycles. The standard InChI is InChI=1S/C14H23N7/c1-14(2,3)13-18-11(9-12(19-13)20-15)17-5-4-7-21-8-6-16-10-21/h6,8-10H,4-5,7,15H2,1-3H3,(H2,17,18,19,20). The number of nitrogens with one attached hydrogen (secondary N) is 2. The van der Waals surface area contributed by atoms with Crippen LogP contribution in [-0.2, 0) is 12.0 Å². The van der Waals surface area contributed by atoms with Crippen molar-refractivity contribution >= 4 is 11.6 Å². The largest absolute Gasteiger partial charge is 0.370 e. The first-order chi connectivity index (χ1) is 9.99. The van der Waals surface area contributed by atoms with E-state index in [0.29, 0.717) is 5.82 Å². The lowest BCUT2D eigenvalue weighted by Crippen LogP contribution is -2.20. The van der Waals surface area contributed by atoms with Crippen LogP contribution in [0.2, 0.25) is 0 Å².